The number of hydrogen-bond acceptors (Lipinski definition) is 4. The lowest BCUT2D eigenvalue weighted by molar-refractivity contribution is -0.143. The molecule has 0 unspecified atom stereocenters. The summed E-state index contributed by atoms with van der Waals surface area (Å²) >= 11 is 0. The Morgan fingerprint density at radius 2 is 2.00 bits per heavy atom. The van der Waals surface area contributed by atoms with Crippen molar-refractivity contribution in [1.29, 1.82) is 0 Å². The number of ether oxygens (including phenoxy) is 1. The normalized spacial score (nSPS) is 29.0. The molecule has 2 fully saturated rings. The molecule has 2 atom stereocenters. The summed E-state index contributed by atoms with van der Waals surface area (Å²) in [6, 6.07) is 0. The Balaban J connectivity index is 1.48. The van der Waals surface area contributed by atoms with Crippen LogP contribution in [0, 0.1) is 0 Å². The van der Waals surface area contributed by atoms with E-state index in [1.54, 1.807) is 0 Å². The topological polar surface area (TPSA) is 61.5 Å². The molecule has 1 aromatic heterocycles. The van der Waals surface area contributed by atoms with Crippen LogP contribution in [0.15, 0.2) is 0 Å². The number of nitrogens with zero attached hydrogens (tertiary/aromatic N) is 3. The maximum absolute atomic E-state index is 12.8. The molecular weight excluding hydrogens is 304 g/mol. The molecule has 0 saturated carbocycles. The minimum atomic E-state index is -0.236. The van der Waals surface area contributed by atoms with Gasteiger partial charge in [0.15, 0.2) is 0 Å². The minimum Gasteiger partial charge on any atom is -0.365 e. The van der Waals surface area contributed by atoms with Crippen LogP contribution < -0.4 is 0 Å². The van der Waals surface area contributed by atoms with Crippen molar-refractivity contribution in [2.75, 3.05) is 26.7 Å². The van der Waals surface area contributed by atoms with Gasteiger partial charge in [-0.2, -0.15) is 5.10 Å². The average molecular weight is 332 g/mol. The van der Waals surface area contributed by atoms with Crippen LogP contribution in [0.3, 0.4) is 0 Å². The number of amides is 1. The Morgan fingerprint density at radius 1 is 1.21 bits per heavy atom. The van der Waals surface area contributed by atoms with Crippen LogP contribution in [0.2, 0.25) is 0 Å². The second kappa shape index (κ2) is 6.48. The number of hydrogen-bond donors (Lipinski definition) is 1. The van der Waals surface area contributed by atoms with E-state index in [1.807, 2.05) is 4.90 Å². The molecule has 0 aliphatic carbocycles. The van der Waals surface area contributed by atoms with Gasteiger partial charge in [-0.3, -0.25) is 9.89 Å². The molecular formula is C18H28N4O2. The van der Waals surface area contributed by atoms with Gasteiger partial charge in [0.2, 0.25) is 0 Å². The highest BCUT2D eigenvalue weighted by atomic mass is 16.5. The number of H-pyrrole nitrogens is 1. The third kappa shape index (κ3) is 2.97. The number of carbonyl (C=O) groups excluding carboxylic acids is 1. The van der Waals surface area contributed by atoms with Crippen LogP contribution in [0.5, 0.6) is 0 Å². The monoisotopic (exact) mass is 332 g/mol. The van der Waals surface area contributed by atoms with E-state index < -0.39 is 0 Å². The van der Waals surface area contributed by atoms with Crippen molar-refractivity contribution < 1.29 is 9.53 Å². The van der Waals surface area contributed by atoms with E-state index in [1.165, 1.54) is 17.0 Å². The first kappa shape index (κ1) is 16.1. The van der Waals surface area contributed by atoms with Gasteiger partial charge >= 0.3 is 0 Å². The van der Waals surface area contributed by atoms with E-state index in [0.717, 1.165) is 51.7 Å². The number of fused-ring (bicyclic) bond motifs is 1. The van der Waals surface area contributed by atoms with Gasteiger partial charge in [0.1, 0.15) is 6.10 Å². The molecule has 3 aliphatic rings. The molecule has 0 radical (unpaired) electrons. The summed E-state index contributed by atoms with van der Waals surface area (Å²) in [5.41, 5.74) is 3.71. The summed E-state index contributed by atoms with van der Waals surface area (Å²) in [6.45, 7) is 5.77. The van der Waals surface area contributed by atoms with Gasteiger partial charge in [0, 0.05) is 36.7 Å². The summed E-state index contributed by atoms with van der Waals surface area (Å²) < 4.78 is 5.78. The smallest absolute Gasteiger partial charge is 0.252 e. The molecule has 6 nitrogen and oxygen atoms in total. The summed E-state index contributed by atoms with van der Waals surface area (Å²) in [5.74, 6) is 0.694. The molecule has 24 heavy (non-hydrogen) atoms. The number of aromatic amines is 1. The summed E-state index contributed by atoms with van der Waals surface area (Å²) in [5, 5.41) is 7.88. The molecule has 4 rings (SSSR count). The van der Waals surface area contributed by atoms with Gasteiger partial charge in [-0.05, 0) is 52.7 Å². The molecule has 0 bridgehead atoms. The van der Waals surface area contributed by atoms with E-state index >= 15 is 0 Å². The van der Waals surface area contributed by atoms with Crippen LogP contribution in [0.4, 0.5) is 0 Å². The molecule has 132 valence electrons. The highest BCUT2D eigenvalue weighted by Gasteiger charge is 2.35. The number of likely N-dealkylation sites (tertiary alicyclic amines) is 1. The fourth-order valence-electron chi connectivity index (χ4n) is 4.31. The van der Waals surface area contributed by atoms with E-state index in [0.29, 0.717) is 12.5 Å². The first-order chi connectivity index (χ1) is 11.6. The highest BCUT2D eigenvalue weighted by molar-refractivity contribution is 5.81. The maximum Gasteiger partial charge on any atom is 0.252 e. The largest absolute Gasteiger partial charge is 0.365 e. The Labute approximate surface area is 143 Å². The van der Waals surface area contributed by atoms with Crippen molar-refractivity contribution in [1.82, 2.24) is 20.0 Å². The van der Waals surface area contributed by atoms with Crippen molar-refractivity contribution in [3.63, 3.8) is 0 Å². The maximum atomic E-state index is 12.8. The SMILES string of the molecule is C[C@@H]1CC[C@H](C(=O)N2CCc3[nH]nc(C4CCN(C)CC4)c3C2)O1. The third-order valence-corrected chi connectivity index (χ3v) is 5.89. The lowest BCUT2D eigenvalue weighted by Crippen LogP contribution is -2.42. The minimum absolute atomic E-state index is 0.167. The van der Waals surface area contributed by atoms with Crippen molar-refractivity contribution in [2.24, 2.45) is 0 Å². The van der Waals surface area contributed by atoms with Crippen molar-refractivity contribution in [3.05, 3.63) is 17.0 Å². The first-order valence-electron chi connectivity index (χ1n) is 9.30. The van der Waals surface area contributed by atoms with E-state index in [9.17, 15) is 4.79 Å². The zero-order valence-electron chi connectivity index (χ0n) is 14.8. The third-order valence-electron chi connectivity index (χ3n) is 5.89. The Kier molecular flexibility index (Phi) is 4.35. The fraction of sp³-hybridized carbons (Fsp3) is 0.778. The van der Waals surface area contributed by atoms with Gasteiger partial charge in [-0.25, -0.2) is 0 Å². The quantitative estimate of drug-likeness (QED) is 0.895. The number of rotatable bonds is 2. The number of nitrogens with one attached hydrogen (secondary N) is 1. The summed E-state index contributed by atoms with van der Waals surface area (Å²) in [7, 11) is 2.18. The lowest BCUT2D eigenvalue weighted by atomic mass is 9.89. The van der Waals surface area contributed by atoms with Gasteiger partial charge in [0.25, 0.3) is 5.91 Å². The van der Waals surface area contributed by atoms with Gasteiger partial charge in [-0.15, -0.1) is 0 Å². The molecule has 3 aliphatic heterocycles. The summed E-state index contributed by atoms with van der Waals surface area (Å²) in [4.78, 5) is 17.1. The Hall–Kier alpha value is -1.40. The predicted octanol–water partition coefficient (Wildman–Crippen LogP) is 1.67. The molecule has 1 aromatic rings. The molecule has 0 aromatic carbocycles. The van der Waals surface area contributed by atoms with Crippen LogP contribution in [0.1, 0.15) is 55.5 Å². The molecule has 6 heteroatoms. The Bertz CT molecular complexity index is 606. The molecule has 0 spiro atoms. The van der Waals surface area contributed by atoms with E-state index in [4.69, 9.17) is 4.74 Å². The standard InChI is InChI=1S/C18H28N4O2/c1-12-3-4-16(24-12)18(23)22-10-7-15-14(11-22)17(20-19-15)13-5-8-21(2)9-6-13/h12-13,16H,3-11H2,1-2H3,(H,19,20)/t12-,16-/m1/s1. The van der Waals surface area contributed by atoms with Crippen LogP contribution in [-0.4, -0.2) is 64.8 Å². The highest BCUT2D eigenvalue weighted by Crippen LogP contribution is 2.33. The van der Waals surface area contributed by atoms with Crippen LogP contribution in [0.25, 0.3) is 0 Å². The van der Waals surface area contributed by atoms with E-state index in [-0.39, 0.29) is 18.1 Å². The Morgan fingerprint density at radius 3 is 2.71 bits per heavy atom. The first-order valence-corrected chi connectivity index (χ1v) is 9.30. The average Bonchev–Trinajstić information content (AvgIpc) is 3.21. The number of aromatic nitrogens is 2. The molecule has 1 N–H and O–H groups in total. The molecule has 4 heterocycles. The molecule has 1 amide bonds. The van der Waals surface area contributed by atoms with Crippen molar-refractivity contribution >= 4 is 5.91 Å². The van der Waals surface area contributed by atoms with Gasteiger partial charge in [-0.1, -0.05) is 0 Å². The van der Waals surface area contributed by atoms with Gasteiger partial charge < -0.3 is 14.5 Å². The zero-order valence-corrected chi connectivity index (χ0v) is 14.8. The number of carbonyl (C=O) groups is 1. The van der Waals surface area contributed by atoms with Crippen molar-refractivity contribution in [3.8, 4) is 0 Å². The van der Waals surface area contributed by atoms with Crippen molar-refractivity contribution in [2.45, 2.75) is 63.7 Å². The fourth-order valence-corrected chi connectivity index (χ4v) is 4.31. The van der Waals surface area contributed by atoms with Gasteiger partial charge in [0.05, 0.1) is 11.8 Å². The van der Waals surface area contributed by atoms with Crippen LogP contribution >= 0.6 is 0 Å². The molecule has 2 saturated heterocycles. The lowest BCUT2D eigenvalue weighted by Gasteiger charge is -2.32. The predicted molar refractivity (Wildman–Crippen MR) is 90.7 cm³/mol. The second-order valence-corrected chi connectivity index (χ2v) is 7.67. The second-order valence-electron chi connectivity index (χ2n) is 7.67. The van der Waals surface area contributed by atoms with E-state index in [2.05, 4.69) is 29.1 Å². The summed E-state index contributed by atoms with van der Waals surface area (Å²) in [6.07, 6.45) is 5.01. The number of piperidine rings is 1. The zero-order chi connectivity index (χ0) is 16.7. The van der Waals surface area contributed by atoms with Crippen LogP contribution in [-0.2, 0) is 22.5 Å².